The SMILES string of the molecule is CCOc1ccc(-n2ncc(C(=O)OC(C)C(=O)NC3CCCC(C)C3C)c2C)nn1. The third-order valence-corrected chi connectivity index (χ3v) is 6.05. The molecule has 168 valence electrons. The van der Waals surface area contributed by atoms with Crippen molar-refractivity contribution in [3.63, 3.8) is 0 Å². The third-order valence-electron chi connectivity index (χ3n) is 6.05. The van der Waals surface area contributed by atoms with E-state index in [0.717, 1.165) is 12.8 Å². The summed E-state index contributed by atoms with van der Waals surface area (Å²) in [4.78, 5) is 25.2. The zero-order valence-electron chi connectivity index (χ0n) is 18.8. The second-order valence-corrected chi connectivity index (χ2v) is 8.15. The molecule has 9 heteroatoms. The van der Waals surface area contributed by atoms with Crippen LogP contribution in [0, 0.1) is 18.8 Å². The first-order chi connectivity index (χ1) is 14.8. The van der Waals surface area contributed by atoms with Gasteiger partial charge in [0, 0.05) is 12.1 Å². The van der Waals surface area contributed by atoms with Crippen LogP contribution in [0.3, 0.4) is 0 Å². The summed E-state index contributed by atoms with van der Waals surface area (Å²) in [5.41, 5.74) is 0.820. The van der Waals surface area contributed by atoms with Gasteiger partial charge in [-0.3, -0.25) is 4.79 Å². The Balaban J connectivity index is 1.63. The lowest BCUT2D eigenvalue weighted by Gasteiger charge is -2.35. The molecule has 1 N–H and O–H groups in total. The predicted molar refractivity (Wildman–Crippen MR) is 114 cm³/mol. The van der Waals surface area contributed by atoms with E-state index < -0.39 is 12.1 Å². The van der Waals surface area contributed by atoms with Crippen molar-refractivity contribution >= 4 is 11.9 Å². The van der Waals surface area contributed by atoms with Crippen molar-refractivity contribution in [3.8, 4) is 11.7 Å². The van der Waals surface area contributed by atoms with Gasteiger partial charge < -0.3 is 14.8 Å². The molecule has 1 fully saturated rings. The molecule has 0 aromatic carbocycles. The van der Waals surface area contributed by atoms with E-state index in [1.165, 1.54) is 17.3 Å². The van der Waals surface area contributed by atoms with Crippen molar-refractivity contribution in [1.82, 2.24) is 25.3 Å². The molecule has 31 heavy (non-hydrogen) atoms. The number of amides is 1. The summed E-state index contributed by atoms with van der Waals surface area (Å²) in [7, 11) is 0. The summed E-state index contributed by atoms with van der Waals surface area (Å²) in [5.74, 6) is 0.952. The van der Waals surface area contributed by atoms with Crippen molar-refractivity contribution < 1.29 is 19.1 Å². The topological polar surface area (TPSA) is 108 Å². The number of carbonyl (C=O) groups is 2. The normalized spacial score (nSPS) is 21.9. The summed E-state index contributed by atoms with van der Waals surface area (Å²) < 4.78 is 12.2. The molecule has 2 heterocycles. The third kappa shape index (κ3) is 5.21. The summed E-state index contributed by atoms with van der Waals surface area (Å²) >= 11 is 0. The maximum Gasteiger partial charge on any atom is 0.342 e. The van der Waals surface area contributed by atoms with Gasteiger partial charge in [-0.25, -0.2) is 9.48 Å². The van der Waals surface area contributed by atoms with Crippen LogP contribution in [-0.4, -0.2) is 50.6 Å². The molecule has 4 unspecified atom stereocenters. The molecule has 1 saturated carbocycles. The fourth-order valence-electron chi connectivity index (χ4n) is 3.86. The van der Waals surface area contributed by atoms with Crippen molar-refractivity contribution in [1.29, 1.82) is 0 Å². The van der Waals surface area contributed by atoms with Gasteiger partial charge in [0.25, 0.3) is 5.91 Å². The van der Waals surface area contributed by atoms with Gasteiger partial charge in [0.05, 0.1) is 18.5 Å². The molecule has 2 aromatic heterocycles. The van der Waals surface area contributed by atoms with E-state index in [-0.39, 0.29) is 17.5 Å². The Morgan fingerprint density at radius 3 is 2.71 bits per heavy atom. The molecule has 1 aliphatic carbocycles. The van der Waals surface area contributed by atoms with Gasteiger partial charge in [0.2, 0.25) is 5.88 Å². The lowest BCUT2D eigenvalue weighted by molar-refractivity contribution is -0.130. The largest absolute Gasteiger partial charge is 0.477 e. The number of nitrogens with one attached hydrogen (secondary N) is 1. The highest BCUT2D eigenvalue weighted by Crippen LogP contribution is 2.29. The molecule has 2 aromatic rings. The van der Waals surface area contributed by atoms with Gasteiger partial charge in [-0.1, -0.05) is 26.7 Å². The molecule has 1 aliphatic rings. The highest BCUT2D eigenvalue weighted by atomic mass is 16.5. The first kappa shape index (κ1) is 22.7. The Hall–Kier alpha value is -2.97. The van der Waals surface area contributed by atoms with Crippen LogP contribution in [0.4, 0.5) is 0 Å². The monoisotopic (exact) mass is 429 g/mol. The zero-order chi connectivity index (χ0) is 22.5. The molecular formula is C22H31N5O4. The summed E-state index contributed by atoms with van der Waals surface area (Å²) in [6.45, 7) is 10.0. The molecule has 1 amide bonds. The first-order valence-corrected chi connectivity index (χ1v) is 10.8. The van der Waals surface area contributed by atoms with Crippen LogP contribution in [0.25, 0.3) is 5.82 Å². The Morgan fingerprint density at radius 2 is 2.03 bits per heavy atom. The number of esters is 1. The van der Waals surface area contributed by atoms with Crippen LogP contribution < -0.4 is 10.1 Å². The Morgan fingerprint density at radius 1 is 1.26 bits per heavy atom. The van der Waals surface area contributed by atoms with Crippen LogP contribution in [0.2, 0.25) is 0 Å². The van der Waals surface area contributed by atoms with E-state index in [9.17, 15) is 9.59 Å². The maximum atomic E-state index is 12.7. The fourth-order valence-corrected chi connectivity index (χ4v) is 3.86. The Bertz CT molecular complexity index is 911. The van der Waals surface area contributed by atoms with E-state index in [2.05, 4.69) is 34.5 Å². The highest BCUT2D eigenvalue weighted by Gasteiger charge is 2.30. The molecule has 0 radical (unpaired) electrons. The van der Waals surface area contributed by atoms with Crippen molar-refractivity contribution in [2.75, 3.05) is 6.61 Å². The van der Waals surface area contributed by atoms with Crippen molar-refractivity contribution in [2.45, 2.75) is 66.0 Å². The Kier molecular flexibility index (Phi) is 7.25. The number of hydrogen-bond acceptors (Lipinski definition) is 7. The minimum atomic E-state index is -0.898. The highest BCUT2D eigenvalue weighted by molar-refractivity contribution is 5.93. The average molecular weight is 430 g/mol. The lowest BCUT2D eigenvalue weighted by atomic mass is 9.78. The van der Waals surface area contributed by atoms with Crippen LogP contribution in [-0.2, 0) is 9.53 Å². The van der Waals surface area contributed by atoms with E-state index >= 15 is 0 Å². The first-order valence-electron chi connectivity index (χ1n) is 10.8. The Labute approximate surface area is 182 Å². The molecule has 0 spiro atoms. The molecule has 3 rings (SSSR count). The second-order valence-electron chi connectivity index (χ2n) is 8.15. The van der Waals surface area contributed by atoms with Crippen LogP contribution >= 0.6 is 0 Å². The number of rotatable bonds is 7. The van der Waals surface area contributed by atoms with Gasteiger partial charge in [0.1, 0.15) is 5.56 Å². The quantitative estimate of drug-likeness (QED) is 0.674. The number of carbonyl (C=O) groups excluding carboxylic acids is 2. The lowest BCUT2D eigenvalue weighted by Crippen LogP contribution is -2.47. The minimum absolute atomic E-state index is 0.111. The zero-order valence-corrected chi connectivity index (χ0v) is 18.8. The maximum absolute atomic E-state index is 12.7. The van der Waals surface area contributed by atoms with Gasteiger partial charge in [0.15, 0.2) is 11.9 Å². The van der Waals surface area contributed by atoms with Crippen molar-refractivity contribution in [2.24, 2.45) is 11.8 Å². The van der Waals surface area contributed by atoms with Crippen molar-refractivity contribution in [3.05, 3.63) is 29.6 Å². The van der Waals surface area contributed by atoms with Crippen LogP contribution in [0.1, 0.15) is 63.0 Å². The second kappa shape index (κ2) is 9.89. The standard InChI is InChI=1S/C22H31N5O4/c1-6-30-20-11-10-19(25-26-20)27-15(4)17(12-23-27)22(29)31-16(5)21(28)24-18-9-7-8-13(2)14(18)3/h10-14,16,18H,6-9H2,1-5H3,(H,24,28). The molecule has 0 aliphatic heterocycles. The number of ether oxygens (including phenoxy) is 2. The smallest absolute Gasteiger partial charge is 0.342 e. The molecule has 0 bridgehead atoms. The summed E-state index contributed by atoms with van der Waals surface area (Å²) in [5, 5.41) is 15.3. The van der Waals surface area contributed by atoms with E-state index in [1.54, 1.807) is 26.0 Å². The molecular weight excluding hydrogens is 398 g/mol. The van der Waals surface area contributed by atoms with E-state index in [0.29, 0.717) is 35.8 Å². The average Bonchev–Trinajstić information content (AvgIpc) is 3.13. The summed E-state index contributed by atoms with van der Waals surface area (Å²) in [6.07, 6.45) is 3.74. The number of nitrogens with zero attached hydrogens (tertiary/aromatic N) is 4. The summed E-state index contributed by atoms with van der Waals surface area (Å²) in [6, 6.07) is 3.50. The molecule has 0 saturated heterocycles. The van der Waals surface area contributed by atoms with Gasteiger partial charge >= 0.3 is 5.97 Å². The van der Waals surface area contributed by atoms with E-state index in [4.69, 9.17) is 9.47 Å². The fraction of sp³-hybridized carbons (Fsp3) is 0.591. The van der Waals surface area contributed by atoms with Gasteiger partial charge in [-0.05, 0) is 45.1 Å². The van der Waals surface area contributed by atoms with Crippen LogP contribution in [0.5, 0.6) is 5.88 Å². The van der Waals surface area contributed by atoms with Gasteiger partial charge in [-0.2, -0.15) is 5.10 Å². The molecule has 9 nitrogen and oxygen atoms in total. The molecule has 4 atom stereocenters. The van der Waals surface area contributed by atoms with Crippen LogP contribution in [0.15, 0.2) is 18.3 Å². The predicted octanol–water partition coefficient (Wildman–Crippen LogP) is 2.86. The number of hydrogen-bond donors (Lipinski definition) is 1. The minimum Gasteiger partial charge on any atom is -0.477 e. The van der Waals surface area contributed by atoms with Gasteiger partial charge in [-0.15, -0.1) is 10.2 Å². The number of aromatic nitrogens is 4. The van der Waals surface area contributed by atoms with E-state index in [1.807, 2.05) is 6.92 Å².